The van der Waals surface area contributed by atoms with Gasteiger partial charge in [0, 0.05) is 5.56 Å². The van der Waals surface area contributed by atoms with Crippen LogP contribution in [0.3, 0.4) is 0 Å². The maximum atomic E-state index is 5.87. The number of aromatic nitrogens is 4. The third-order valence-corrected chi connectivity index (χ3v) is 4.67. The van der Waals surface area contributed by atoms with Crippen molar-refractivity contribution in [3.05, 3.63) is 30.9 Å². The summed E-state index contributed by atoms with van der Waals surface area (Å²) in [6, 6.07) is 5.43. The van der Waals surface area contributed by atoms with Crippen LogP contribution in [0.5, 0.6) is 0 Å². The molecule has 0 aromatic carbocycles. The van der Waals surface area contributed by atoms with E-state index in [0.29, 0.717) is 16.6 Å². The Morgan fingerprint density at radius 2 is 2.06 bits per heavy atom. The lowest BCUT2D eigenvalue weighted by Gasteiger charge is -1.97. The first-order valence-corrected chi connectivity index (χ1v) is 7.26. The summed E-state index contributed by atoms with van der Waals surface area (Å²) in [5, 5.41) is 12.8. The van der Waals surface area contributed by atoms with Crippen LogP contribution in [0.4, 0.5) is 0 Å². The molecular weight excluding hydrogens is 391 g/mol. The molecule has 0 atom stereocenters. The normalized spacial score (nSPS) is 11.2. The second-order valence-corrected chi connectivity index (χ2v) is 7.32. The van der Waals surface area contributed by atoms with E-state index in [1.165, 1.54) is 0 Å². The van der Waals surface area contributed by atoms with E-state index in [4.69, 9.17) is 11.6 Å². The van der Waals surface area contributed by atoms with Crippen molar-refractivity contribution >= 4 is 60.4 Å². The molecule has 0 fully saturated rings. The quantitative estimate of drug-likeness (QED) is 0.626. The standard InChI is InChI=1S/C9H3Br2ClN4S/c10-5-3-4(8(11)17-5)9-14-13-7-2-1-6(12)15-16(7)9/h1-3H. The van der Waals surface area contributed by atoms with Gasteiger partial charge >= 0.3 is 0 Å². The third-order valence-electron chi connectivity index (χ3n) is 2.13. The van der Waals surface area contributed by atoms with Crippen molar-refractivity contribution in [2.45, 2.75) is 0 Å². The van der Waals surface area contributed by atoms with Crippen LogP contribution in [0.2, 0.25) is 5.15 Å². The SMILES string of the molecule is Clc1ccc2nnc(-c3cc(Br)sc3Br)n2n1. The maximum Gasteiger partial charge on any atom is 0.187 e. The number of halogens is 3. The maximum absolute atomic E-state index is 5.87. The number of rotatable bonds is 1. The average Bonchev–Trinajstić information content (AvgIpc) is 2.81. The molecule has 3 rings (SSSR count). The van der Waals surface area contributed by atoms with E-state index in [1.807, 2.05) is 6.07 Å². The minimum atomic E-state index is 0.406. The van der Waals surface area contributed by atoms with E-state index >= 15 is 0 Å². The lowest BCUT2D eigenvalue weighted by molar-refractivity contribution is 0.936. The summed E-state index contributed by atoms with van der Waals surface area (Å²) in [5.41, 5.74) is 1.60. The smallest absolute Gasteiger partial charge is 0.187 e. The topological polar surface area (TPSA) is 43.1 Å². The monoisotopic (exact) mass is 392 g/mol. The zero-order valence-electron chi connectivity index (χ0n) is 8.06. The minimum Gasteiger partial charge on any atom is -0.191 e. The number of fused-ring (bicyclic) bond motifs is 1. The first-order chi connectivity index (χ1) is 8.15. The van der Waals surface area contributed by atoms with Crippen molar-refractivity contribution in [2.24, 2.45) is 0 Å². The minimum absolute atomic E-state index is 0.406. The molecule has 0 aliphatic carbocycles. The summed E-state index contributed by atoms with van der Waals surface area (Å²) in [6.07, 6.45) is 0. The van der Waals surface area contributed by atoms with Crippen molar-refractivity contribution in [3.8, 4) is 11.4 Å². The largest absolute Gasteiger partial charge is 0.191 e. The fourth-order valence-corrected chi connectivity index (χ4v) is 4.36. The van der Waals surface area contributed by atoms with E-state index in [9.17, 15) is 0 Å². The van der Waals surface area contributed by atoms with Gasteiger partial charge in [-0.25, -0.2) is 0 Å². The Kier molecular flexibility index (Phi) is 2.94. The number of thiophene rings is 1. The lowest BCUT2D eigenvalue weighted by Crippen LogP contribution is -1.94. The predicted octanol–water partition coefficient (Wildman–Crippen LogP) is 4.03. The number of nitrogens with zero attached hydrogens (tertiary/aromatic N) is 4. The molecule has 0 unspecified atom stereocenters. The molecular formula is C9H3Br2ClN4S. The van der Waals surface area contributed by atoms with Crippen LogP contribution in [0.15, 0.2) is 25.8 Å². The van der Waals surface area contributed by atoms with Gasteiger partial charge in [-0.15, -0.1) is 21.5 Å². The molecule has 3 aromatic heterocycles. The van der Waals surface area contributed by atoms with Gasteiger partial charge in [0.15, 0.2) is 11.5 Å². The second-order valence-electron chi connectivity index (χ2n) is 3.19. The summed E-state index contributed by atoms with van der Waals surface area (Å²) in [4.78, 5) is 0. The van der Waals surface area contributed by atoms with Crippen LogP contribution in [-0.2, 0) is 0 Å². The molecule has 0 amide bonds. The number of hydrogen-bond acceptors (Lipinski definition) is 4. The van der Waals surface area contributed by atoms with Gasteiger partial charge in [-0.2, -0.15) is 9.61 Å². The van der Waals surface area contributed by atoms with Gasteiger partial charge in [-0.1, -0.05) is 11.6 Å². The fraction of sp³-hybridized carbons (Fsp3) is 0. The highest BCUT2D eigenvalue weighted by molar-refractivity contribution is 9.12. The Labute approximate surface area is 122 Å². The van der Waals surface area contributed by atoms with Crippen molar-refractivity contribution in [1.29, 1.82) is 0 Å². The summed E-state index contributed by atoms with van der Waals surface area (Å²) >= 11 is 14.4. The van der Waals surface area contributed by atoms with E-state index < -0.39 is 0 Å². The van der Waals surface area contributed by atoms with Crippen LogP contribution < -0.4 is 0 Å². The molecule has 3 aromatic rings. The fourth-order valence-electron chi connectivity index (χ4n) is 1.43. The number of hydrogen-bond donors (Lipinski definition) is 0. The molecule has 8 heteroatoms. The van der Waals surface area contributed by atoms with Crippen LogP contribution in [0.1, 0.15) is 0 Å². The molecule has 17 heavy (non-hydrogen) atoms. The molecule has 0 aliphatic heterocycles. The molecule has 0 radical (unpaired) electrons. The van der Waals surface area contributed by atoms with E-state index in [-0.39, 0.29) is 0 Å². The van der Waals surface area contributed by atoms with Crippen molar-refractivity contribution < 1.29 is 0 Å². The van der Waals surface area contributed by atoms with Crippen molar-refractivity contribution in [1.82, 2.24) is 19.8 Å². The molecule has 0 aliphatic rings. The molecule has 0 bridgehead atoms. The van der Waals surface area contributed by atoms with Gasteiger partial charge < -0.3 is 0 Å². The van der Waals surface area contributed by atoms with Crippen LogP contribution in [0.25, 0.3) is 17.0 Å². The molecule has 0 N–H and O–H groups in total. The van der Waals surface area contributed by atoms with E-state index in [1.54, 1.807) is 28.0 Å². The Morgan fingerprint density at radius 3 is 2.76 bits per heavy atom. The van der Waals surface area contributed by atoms with E-state index in [0.717, 1.165) is 13.1 Å². The molecule has 4 nitrogen and oxygen atoms in total. The van der Waals surface area contributed by atoms with Gasteiger partial charge in [0.05, 0.1) is 7.57 Å². The highest BCUT2D eigenvalue weighted by Crippen LogP contribution is 2.37. The van der Waals surface area contributed by atoms with Gasteiger partial charge in [0.25, 0.3) is 0 Å². The van der Waals surface area contributed by atoms with Gasteiger partial charge in [0.2, 0.25) is 0 Å². The molecule has 3 heterocycles. The van der Waals surface area contributed by atoms with Gasteiger partial charge in [0.1, 0.15) is 5.15 Å². The summed E-state index contributed by atoms with van der Waals surface area (Å²) in [6.45, 7) is 0. The second kappa shape index (κ2) is 4.31. The Hall–Kier alpha value is -0.500. The molecule has 0 saturated heterocycles. The zero-order chi connectivity index (χ0) is 12.0. The molecule has 0 saturated carbocycles. The predicted molar refractivity (Wildman–Crippen MR) is 74.5 cm³/mol. The highest BCUT2D eigenvalue weighted by Gasteiger charge is 2.15. The molecule has 0 spiro atoms. The Bertz CT molecular complexity index is 708. The molecule has 86 valence electrons. The summed E-state index contributed by atoms with van der Waals surface area (Å²) < 4.78 is 3.61. The first kappa shape index (κ1) is 11.6. The van der Waals surface area contributed by atoms with Gasteiger partial charge in [-0.05, 0) is 50.1 Å². The van der Waals surface area contributed by atoms with Crippen molar-refractivity contribution in [2.75, 3.05) is 0 Å². The zero-order valence-corrected chi connectivity index (χ0v) is 12.8. The van der Waals surface area contributed by atoms with Gasteiger partial charge in [-0.3, -0.25) is 0 Å². The van der Waals surface area contributed by atoms with Crippen LogP contribution in [-0.4, -0.2) is 19.8 Å². The highest BCUT2D eigenvalue weighted by atomic mass is 79.9. The van der Waals surface area contributed by atoms with Crippen LogP contribution >= 0.6 is 54.8 Å². The summed E-state index contributed by atoms with van der Waals surface area (Å²) in [7, 11) is 0. The van der Waals surface area contributed by atoms with E-state index in [2.05, 4.69) is 47.2 Å². The Morgan fingerprint density at radius 1 is 1.24 bits per heavy atom. The third kappa shape index (κ3) is 2.01. The lowest BCUT2D eigenvalue weighted by atomic mass is 10.3. The van der Waals surface area contributed by atoms with Crippen LogP contribution in [0, 0.1) is 0 Å². The first-order valence-electron chi connectivity index (χ1n) is 4.48. The average molecular weight is 394 g/mol. The Balaban J connectivity index is 2.30. The van der Waals surface area contributed by atoms with Crippen molar-refractivity contribution in [3.63, 3.8) is 0 Å². The summed E-state index contributed by atoms with van der Waals surface area (Å²) in [5.74, 6) is 0.663.